The molecule has 6 heteroatoms. The van der Waals surface area contributed by atoms with Gasteiger partial charge >= 0.3 is 6.03 Å². The molecule has 1 aliphatic rings. The van der Waals surface area contributed by atoms with Crippen LogP contribution in [0, 0.1) is 5.82 Å². The van der Waals surface area contributed by atoms with Crippen LogP contribution in [-0.2, 0) is 11.3 Å². The topological polar surface area (TPSA) is 52.7 Å². The number of benzene rings is 1. The van der Waals surface area contributed by atoms with Crippen LogP contribution in [0.25, 0.3) is 0 Å². The molecule has 1 heterocycles. The fraction of sp³-hybridized carbons (Fsp3) is 0.529. The third kappa shape index (κ3) is 5.54. The SMILES string of the molecule is CN(Cc1ccc(F)cc1)C(=O)NCCN1CCCCCC1=O. The maximum atomic E-state index is 12.9. The van der Waals surface area contributed by atoms with Gasteiger partial charge in [0.2, 0.25) is 5.91 Å². The molecular formula is C17H24FN3O2. The molecule has 5 nitrogen and oxygen atoms in total. The second kappa shape index (κ2) is 8.50. The summed E-state index contributed by atoms with van der Waals surface area (Å²) in [6.45, 7) is 2.18. The van der Waals surface area contributed by atoms with Crippen molar-refractivity contribution in [2.45, 2.75) is 32.2 Å². The van der Waals surface area contributed by atoms with Crippen molar-refractivity contribution in [3.05, 3.63) is 35.6 Å². The molecule has 0 saturated carbocycles. The van der Waals surface area contributed by atoms with Crippen molar-refractivity contribution in [2.75, 3.05) is 26.7 Å². The Hall–Kier alpha value is -2.11. The summed E-state index contributed by atoms with van der Waals surface area (Å²) >= 11 is 0. The highest BCUT2D eigenvalue weighted by Crippen LogP contribution is 2.10. The van der Waals surface area contributed by atoms with Gasteiger partial charge in [-0.05, 0) is 30.5 Å². The Labute approximate surface area is 136 Å². The van der Waals surface area contributed by atoms with Gasteiger partial charge in [-0.1, -0.05) is 18.6 Å². The molecule has 0 radical (unpaired) electrons. The third-order valence-corrected chi connectivity index (χ3v) is 4.01. The molecule has 0 spiro atoms. The molecule has 2 rings (SSSR count). The van der Waals surface area contributed by atoms with Crippen LogP contribution in [0.3, 0.4) is 0 Å². The van der Waals surface area contributed by atoms with Crippen LogP contribution in [0.15, 0.2) is 24.3 Å². The normalized spacial score (nSPS) is 15.2. The molecule has 0 atom stereocenters. The van der Waals surface area contributed by atoms with Crippen molar-refractivity contribution in [1.29, 1.82) is 0 Å². The molecule has 1 aliphatic heterocycles. The quantitative estimate of drug-likeness (QED) is 0.905. The second-order valence-electron chi connectivity index (χ2n) is 5.91. The van der Waals surface area contributed by atoms with E-state index in [0.29, 0.717) is 26.1 Å². The summed E-state index contributed by atoms with van der Waals surface area (Å²) in [7, 11) is 1.69. The summed E-state index contributed by atoms with van der Waals surface area (Å²) in [5.41, 5.74) is 0.867. The van der Waals surface area contributed by atoms with Crippen LogP contribution in [-0.4, -0.2) is 48.4 Å². The van der Waals surface area contributed by atoms with Gasteiger partial charge in [-0.2, -0.15) is 0 Å². The van der Waals surface area contributed by atoms with E-state index >= 15 is 0 Å². The molecule has 1 N–H and O–H groups in total. The lowest BCUT2D eigenvalue weighted by molar-refractivity contribution is -0.130. The van der Waals surface area contributed by atoms with Gasteiger partial charge in [0.05, 0.1) is 0 Å². The minimum atomic E-state index is -0.289. The van der Waals surface area contributed by atoms with E-state index in [1.165, 1.54) is 17.0 Å². The van der Waals surface area contributed by atoms with Crippen molar-refractivity contribution in [2.24, 2.45) is 0 Å². The van der Waals surface area contributed by atoms with Crippen molar-refractivity contribution in [1.82, 2.24) is 15.1 Å². The highest BCUT2D eigenvalue weighted by molar-refractivity contribution is 5.76. The van der Waals surface area contributed by atoms with Gasteiger partial charge < -0.3 is 15.1 Å². The fourth-order valence-corrected chi connectivity index (χ4v) is 2.64. The minimum Gasteiger partial charge on any atom is -0.341 e. The van der Waals surface area contributed by atoms with Crippen LogP contribution in [0.1, 0.15) is 31.2 Å². The molecular weight excluding hydrogens is 297 g/mol. The van der Waals surface area contributed by atoms with Crippen molar-refractivity contribution in [3.8, 4) is 0 Å². The number of urea groups is 1. The van der Waals surface area contributed by atoms with E-state index in [1.54, 1.807) is 19.2 Å². The number of carbonyl (C=O) groups excluding carboxylic acids is 2. The number of nitrogens with one attached hydrogen (secondary N) is 1. The molecule has 23 heavy (non-hydrogen) atoms. The minimum absolute atomic E-state index is 0.177. The summed E-state index contributed by atoms with van der Waals surface area (Å²) in [5.74, 6) is -0.112. The van der Waals surface area contributed by atoms with Gasteiger partial charge in [-0.3, -0.25) is 4.79 Å². The predicted molar refractivity (Wildman–Crippen MR) is 86.3 cm³/mol. The average molecular weight is 321 g/mol. The number of rotatable bonds is 5. The smallest absolute Gasteiger partial charge is 0.317 e. The van der Waals surface area contributed by atoms with Gasteiger partial charge in [-0.25, -0.2) is 9.18 Å². The molecule has 3 amide bonds. The first-order chi connectivity index (χ1) is 11.1. The van der Waals surface area contributed by atoms with Crippen LogP contribution in [0.2, 0.25) is 0 Å². The van der Waals surface area contributed by atoms with Gasteiger partial charge in [0.15, 0.2) is 0 Å². The van der Waals surface area contributed by atoms with Gasteiger partial charge in [-0.15, -0.1) is 0 Å². The van der Waals surface area contributed by atoms with Crippen LogP contribution in [0.4, 0.5) is 9.18 Å². The first-order valence-electron chi connectivity index (χ1n) is 8.07. The number of nitrogens with zero attached hydrogens (tertiary/aromatic N) is 2. The molecule has 1 aromatic rings. The van der Waals surface area contributed by atoms with E-state index in [4.69, 9.17) is 0 Å². The van der Waals surface area contributed by atoms with Gasteiger partial charge in [0, 0.05) is 39.6 Å². The monoisotopic (exact) mass is 321 g/mol. The lowest BCUT2D eigenvalue weighted by atomic mass is 10.2. The van der Waals surface area contributed by atoms with Crippen molar-refractivity contribution < 1.29 is 14.0 Å². The van der Waals surface area contributed by atoms with Crippen molar-refractivity contribution >= 4 is 11.9 Å². The first-order valence-corrected chi connectivity index (χ1v) is 8.07. The van der Waals surface area contributed by atoms with E-state index in [-0.39, 0.29) is 17.8 Å². The molecule has 1 fully saturated rings. The molecule has 0 aromatic heterocycles. The zero-order valence-electron chi connectivity index (χ0n) is 13.6. The maximum Gasteiger partial charge on any atom is 0.317 e. The number of halogens is 1. The lowest BCUT2D eigenvalue weighted by Gasteiger charge is -2.22. The number of hydrogen-bond donors (Lipinski definition) is 1. The summed E-state index contributed by atoms with van der Waals surface area (Å²) in [6, 6.07) is 5.89. The molecule has 126 valence electrons. The molecule has 1 aromatic carbocycles. The highest BCUT2D eigenvalue weighted by atomic mass is 19.1. The van der Waals surface area contributed by atoms with Crippen LogP contribution < -0.4 is 5.32 Å². The Kier molecular flexibility index (Phi) is 6.38. The van der Waals surface area contributed by atoms with Gasteiger partial charge in [0.1, 0.15) is 5.82 Å². The lowest BCUT2D eigenvalue weighted by Crippen LogP contribution is -2.42. The zero-order valence-corrected chi connectivity index (χ0v) is 13.6. The van der Waals surface area contributed by atoms with Crippen LogP contribution in [0.5, 0.6) is 0 Å². The Bertz CT molecular complexity index is 533. The Morgan fingerprint density at radius 1 is 1.26 bits per heavy atom. The van der Waals surface area contributed by atoms with E-state index in [9.17, 15) is 14.0 Å². The zero-order chi connectivity index (χ0) is 16.7. The first kappa shape index (κ1) is 17.2. The molecule has 0 unspecified atom stereocenters. The van der Waals surface area contributed by atoms with E-state index in [2.05, 4.69) is 5.32 Å². The number of carbonyl (C=O) groups is 2. The van der Waals surface area contributed by atoms with Gasteiger partial charge in [0.25, 0.3) is 0 Å². The number of hydrogen-bond acceptors (Lipinski definition) is 2. The highest BCUT2D eigenvalue weighted by Gasteiger charge is 2.16. The summed E-state index contributed by atoms with van der Waals surface area (Å²) in [4.78, 5) is 27.3. The number of likely N-dealkylation sites (tertiary alicyclic amines) is 1. The Morgan fingerprint density at radius 2 is 2.00 bits per heavy atom. The largest absolute Gasteiger partial charge is 0.341 e. The number of amides is 3. The van der Waals surface area contributed by atoms with E-state index in [1.807, 2.05) is 4.90 Å². The predicted octanol–water partition coefficient (Wildman–Crippen LogP) is 2.37. The fourth-order valence-electron chi connectivity index (χ4n) is 2.64. The standard InChI is InChI=1S/C17H24FN3O2/c1-20(13-14-6-8-15(18)9-7-14)17(23)19-10-12-21-11-4-2-3-5-16(21)22/h6-9H,2-5,10-13H2,1H3,(H,19,23). The summed E-state index contributed by atoms with van der Waals surface area (Å²) < 4.78 is 12.9. The van der Waals surface area contributed by atoms with Crippen LogP contribution >= 0.6 is 0 Å². The maximum absolute atomic E-state index is 12.9. The van der Waals surface area contributed by atoms with Crippen molar-refractivity contribution in [3.63, 3.8) is 0 Å². The summed E-state index contributed by atoms with van der Waals surface area (Å²) in [5, 5.41) is 2.82. The Balaban J connectivity index is 1.73. The molecule has 0 bridgehead atoms. The Morgan fingerprint density at radius 3 is 2.74 bits per heavy atom. The van der Waals surface area contributed by atoms with E-state index in [0.717, 1.165) is 31.4 Å². The molecule has 0 aliphatic carbocycles. The van der Waals surface area contributed by atoms with E-state index < -0.39 is 0 Å². The summed E-state index contributed by atoms with van der Waals surface area (Å²) in [6.07, 6.45) is 3.69. The second-order valence-corrected chi connectivity index (χ2v) is 5.91. The third-order valence-electron chi connectivity index (χ3n) is 4.01. The average Bonchev–Trinajstić information content (AvgIpc) is 2.74. The molecule has 1 saturated heterocycles.